The highest BCUT2D eigenvalue weighted by Gasteiger charge is 2.12. The van der Waals surface area contributed by atoms with Gasteiger partial charge in [0.25, 0.3) is 5.91 Å². The fourth-order valence-corrected chi connectivity index (χ4v) is 0.595. The van der Waals surface area contributed by atoms with Gasteiger partial charge in [0.2, 0.25) is 5.91 Å². The molecule has 1 atom stereocenters. The van der Waals surface area contributed by atoms with Crippen molar-refractivity contribution in [1.82, 2.24) is 10.6 Å². The SMILES string of the molecule is C#CCNC(=O)C(C)NC(=O)C#C. The standard InChI is InChI=1S/C9H10N2O2/c1-4-6-10-9(13)7(3)11-8(12)5-2/h1-2,7H,6H2,3H3,(H,10,13)(H,11,12). The Bertz CT molecular complexity index is 283. The number of nitrogens with one attached hydrogen (secondary N) is 2. The van der Waals surface area contributed by atoms with Crippen LogP contribution in [0.15, 0.2) is 0 Å². The van der Waals surface area contributed by atoms with E-state index in [-0.39, 0.29) is 12.5 Å². The number of hydrogen-bond donors (Lipinski definition) is 2. The van der Waals surface area contributed by atoms with E-state index in [1.807, 2.05) is 5.92 Å². The minimum Gasteiger partial charge on any atom is -0.343 e. The van der Waals surface area contributed by atoms with Gasteiger partial charge in [-0.1, -0.05) is 5.92 Å². The summed E-state index contributed by atoms with van der Waals surface area (Å²) in [7, 11) is 0. The molecule has 2 N–H and O–H groups in total. The molecule has 0 aliphatic carbocycles. The first-order chi connectivity index (χ1) is 6.11. The van der Waals surface area contributed by atoms with Crippen LogP contribution in [0.3, 0.4) is 0 Å². The molecule has 68 valence electrons. The van der Waals surface area contributed by atoms with E-state index in [0.717, 1.165) is 0 Å². The zero-order valence-corrected chi connectivity index (χ0v) is 7.26. The zero-order chi connectivity index (χ0) is 10.3. The highest BCUT2D eigenvalue weighted by Crippen LogP contribution is 1.80. The predicted molar refractivity (Wildman–Crippen MR) is 48.3 cm³/mol. The molecule has 0 aliphatic heterocycles. The van der Waals surface area contributed by atoms with E-state index < -0.39 is 11.9 Å². The fraction of sp³-hybridized carbons (Fsp3) is 0.333. The number of hydrogen-bond acceptors (Lipinski definition) is 2. The molecule has 0 radical (unpaired) electrons. The number of amides is 2. The Morgan fingerprint density at radius 3 is 2.54 bits per heavy atom. The second-order valence-electron chi connectivity index (χ2n) is 2.26. The smallest absolute Gasteiger partial charge is 0.296 e. The van der Waals surface area contributed by atoms with E-state index >= 15 is 0 Å². The highest BCUT2D eigenvalue weighted by atomic mass is 16.2. The third-order valence-corrected chi connectivity index (χ3v) is 1.24. The van der Waals surface area contributed by atoms with Crippen molar-refractivity contribution in [3.8, 4) is 24.7 Å². The lowest BCUT2D eigenvalue weighted by Gasteiger charge is -2.10. The Hall–Kier alpha value is -1.94. The quantitative estimate of drug-likeness (QED) is 0.537. The van der Waals surface area contributed by atoms with E-state index in [1.54, 1.807) is 0 Å². The molecule has 0 spiro atoms. The van der Waals surface area contributed by atoms with E-state index in [2.05, 4.69) is 16.6 Å². The summed E-state index contributed by atoms with van der Waals surface area (Å²) in [5.74, 6) is 3.09. The minimum atomic E-state index is -0.670. The first-order valence-electron chi connectivity index (χ1n) is 3.60. The van der Waals surface area contributed by atoms with Crippen molar-refractivity contribution < 1.29 is 9.59 Å². The third kappa shape index (κ3) is 4.49. The average molecular weight is 178 g/mol. The summed E-state index contributed by atoms with van der Waals surface area (Å²) in [6.07, 6.45) is 9.71. The molecule has 0 aromatic heterocycles. The molecule has 0 saturated carbocycles. The summed E-state index contributed by atoms with van der Waals surface area (Å²) in [6, 6.07) is -0.670. The molecule has 0 aliphatic rings. The molecule has 0 bridgehead atoms. The van der Waals surface area contributed by atoms with Gasteiger partial charge >= 0.3 is 0 Å². The van der Waals surface area contributed by atoms with Crippen LogP contribution in [0.25, 0.3) is 0 Å². The van der Waals surface area contributed by atoms with Crippen molar-refractivity contribution in [2.45, 2.75) is 13.0 Å². The Kier molecular flexibility index (Phi) is 4.83. The van der Waals surface area contributed by atoms with Crippen LogP contribution in [0.5, 0.6) is 0 Å². The van der Waals surface area contributed by atoms with Gasteiger partial charge in [0, 0.05) is 0 Å². The maximum absolute atomic E-state index is 11.1. The van der Waals surface area contributed by atoms with Gasteiger partial charge in [0.05, 0.1) is 6.54 Å². The largest absolute Gasteiger partial charge is 0.343 e. The van der Waals surface area contributed by atoms with Crippen molar-refractivity contribution >= 4 is 11.8 Å². The monoisotopic (exact) mass is 178 g/mol. The van der Waals surface area contributed by atoms with Crippen LogP contribution in [0.2, 0.25) is 0 Å². The Balaban J connectivity index is 3.92. The fourth-order valence-electron chi connectivity index (χ4n) is 0.595. The van der Waals surface area contributed by atoms with Crippen molar-refractivity contribution in [3.63, 3.8) is 0 Å². The van der Waals surface area contributed by atoms with Crippen LogP contribution in [-0.2, 0) is 9.59 Å². The molecule has 1 unspecified atom stereocenters. The number of terminal acetylenes is 2. The van der Waals surface area contributed by atoms with E-state index in [9.17, 15) is 9.59 Å². The first-order valence-corrected chi connectivity index (χ1v) is 3.60. The summed E-state index contributed by atoms with van der Waals surface area (Å²) in [4.78, 5) is 21.7. The van der Waals surface area contributed by atoms with Crippen LogP contribution >= 0.6 is 0 Å². The molecule has 2 amide bonds. The topological polar surface area (TPSA) is 58.2 Å². The van der Waals surface area contributed by atoms with Gasteiger partial charge in [-0.2, -0.15) is 0 Å². The number of carbonyl (C=O) groups excluding carboxylic acids is 2. The lowest BCUT2D eigenvalue weighted by molar-refractivity contribution is -0.126. The van der Waals surface area contributed by atoms with Gasteiger partial charge < -0.3 is 10.6 Å². The minimum absolute atomic E-state index is 0.134. The maximum atomic E-state index is 11.1. The molecular weight excluding hydrogens is 168 g/mol. The van der Waals surface area contributed by atoms with Crippen LogP contribution < -0.4 is 10.6 Å². The summed E-state index contributed by atoms with van der Waals surface area (Å²) < 4.78 is 0. The Morgan fingerprint density at radius 2 is 2.08 bits per heavy atom. The van der Waals surface area contributed by atoms with Crippen molar-refractivity contribution in [3.05, 3.63) is 0 Å². The second-order valence-corrected chi connectivity index (χ2v) is 2.26. The average Bonchev–Trinajstić information content (AvgIpc) is 2.13. The molecular formula is C9H10N2O2. The summed E-state index contributed by atoms with van der Waals surface area (Å²) in [5, 5.41) is 4.69. The zero-order valence-electron chi connectivity index (χ0n) is 7.26. The molecule has 0 rings (SSSR count). The number of rotatable bonds is 3. The maximum Gasteiger partial charge on any atom is 0.296 e. The van der Waals surface area contributed by atoms with Gasteiger partial charge in [-0.3, -0.25) is 9.59 Å². The van der Waals surface area contributed by atoms with E-state index in [4.69, 9.17) is 12.8 Å². The van der Waals surface area contributed by atoms with Crippen molar-refractivity contribution in [1.29, 1.82) is 0 Å². The van der Waals surface area contributed by atoms with Gasteiger partial charge in [0.15, 0.2) is 0 Å². The summed E-state index contributed by atoms with van der Waals surface area (Å²) in [6.45, 7) is 1.65. The lowest BCUT2D eigenvalue weighted by atomic mass is 10.3. The van der Waals surface area contributed by atoms with Crippen LogP contribution in [0.1, 0.15) is 6.92 Å². The third-order valence-electron chi connectivity index (χ3n) is 1.24. The molecule has 0 fully saturated rings. The van der Waals surface area contributed by atoms with Crippen molar-refractivity contribution in [2.75, 3.05) is 6.54 Å². The molecule has 4 nitrogen and oxygen atoms in total. The Morgan fingerprint density at radius 1 is 1.46 bits per heavy atom. The van der Waals surface area contributed by atoms with E-state index in [0.29, 0.717) is 0 Å². The summed E-state index contributed by atoms with van der Waals surface area (Å²) >= 11 is 0. The van der Waals surface area contributed by atoms with Crippen molar-refractivity contribution in [2.24, 2.45) is 0 Å². The van der Waals surface area contributed by atoms with Crippen LogP contribution in [-0.4, -0.2) is 24.4 Å². The molecule has 0 aromatic carbocycles. The molecule has 4 heteroatoms. The first kappa shape index (κ1) is 11.1. The van der Waals surface area contributed by atoms with Crippen LogP contribution in [0, 0.1) is 24.7 Å². The van der Waals surface area contributed by atoms with Crippen LogP contribution in [0.4, 0.5) is 0 Å². The number of carbonyl (C=O) groups is 2. The normalized spacial score (nSPS) is 10.4. The highest BCUT2D eigenvalue weighted by molar-refractivity contribution is 5.96. The lowest BCUT2D eigenvalue weighted by Crippen LogP contribution is -2.44. The molecule has 0 heterocycles. The second kappa shape index (κ2) is 5.68. The molecule has 13 heavy (non-hydrogen) atoms. The summed E-state index contributed by atoms with van der Waals surface area (Å²) in [5.41, 5.74) is 0. The Labute approximate surface area is 77.1 Å². The molecule has 0 saturated heterocycles. The van der Waals surface area contributed by atoms with Gasteiger partial charge in [-0.05, 0) is 12.8 Å². The van der Waals surface area contributed by atoms with Gasteiger partial charge in [-0.15, -0.1) is 12.8 Å². The molecule has 0 aromatic rings. The van der Waals surface area contributed by atoms with Gasteiger partial charge in [0.1, 0.15) is 6.04 Å². The van der Waals surface area contributed by atoms with Gasteiger partial charge in [-0.25, -0.2) is 0 Å². The van der Waals surface area contributed by atoms with E-state index in [1.165, 1.54) is 6.92 Å². The predicted octanol–water partition coefficient (Wildman–Crippen LogP) is -1.13.